The molecule has 3 atom stereocenters. The number of hydrogen-bond donors (Lipinski definition) is 1. The smallest absolute Gasteiger partial charge is 0.252 e. The predicted molar refractivity (Wildman–Crippen MR) is 95.4 cm³/mol. The highest BCUT2D eigenvalue weighted by Crippen LogP contribution is 2.48. The zero-order valence-corrected chi connectivity index (χ0v) is 14.1. The Morgan fingerprint density at radius 1 is 1.04 bits per heavy atom. The SMILES string of the molecule is CCCC[C@@H](O)C(=O)N1[C@H](c2ccccc2)C[C@H]1c1ccccc1. The molecule has 24 heavy (non-hydrogen) atoms. The predicted octanol–water partition coefficient (Wildman–Crippen LogP) is 4.25. The number of aliphatic hydroxyl groups is 1. The number of hydrogen-bond acceptors (Lipinski definition) is 2. The molecule has 1 aliphatic heterocycles. The van der Waals surface area contributed by atoms with Crippen LogP contribution < -0.4 is 0 Å². The molecule has 1 heterocycles. The van der Waals surface area contributed by atoms with Crippen LogP contribution in [0.5, 0.6) is 0 Å². The van der Waals surface area contributed by atoms with Gasteiger partial charge in [0, 0.05) is 0 Å². The van der Waals surface area contributed by atoms with E-state index in [2.05, 4.69) is 31.2 Å². The van der Waals surface area contributed by atoms with Crippen LogP contribution in [0.3, 0.4) is 0 Å². The summed E-state index contributed by atoms with van der Waals surface area (Å²) in [4.78, 5) is 14.8. The monoisotopic (exact) mass is 323 g/mol. The number of aliphatic hydroxyl groups excluding tert-OH is 1. The number of amides is 1. The molecule has 1 fully saturated rings. The van der Waals surface area contributed by atoms with Gasteiger partial charge >= 0.3 is 0 Å². The van der Waals surface area contributed by atoms with Crippen LogP contribution in [0.1, 0.15) is 55.8 Å². The molecule has 1 saturated heterocycles. The molecular weight excluding hydrogens is 298 g/mol. The van der Waals surface area contributed by atoms with Gasteiger partial charge < -0.3 is 10.0 Å². The Labute approximate surface area is 143 Å². The highest BCUT2D eigenvalue weighted by molar-refractivity contribution is 5.82. The Kier molecular flexibility index (Phi) is 5.31. The van der Waals surface area contributed by atoms with Gasteiger partial charge in [0.2, 0.25) is 0 Å². The first-order valence-electron chi connectivity index (χ1n) is 8.82. The van der Waals surface area contributed by atoms with E-state index in [1.807, 2.05) is 41.3 Å². The van der Waals surface area contributed by atoms with E-state index in [0.29, 0.717) is 6.42 Å². The molecule has 0 bridgehead atoms. The van der Waals surface area contributed by atoms with Crippen molar-refractivity contribution in [3.8, 4) is 0 Å². The van der Waals surface area contributed by atoms with E-state index >= 15 is 0 Å². The van der Waals surface area contributed by atoms with Crippen molar-refractivity contribution in [2.75, 3.05) is 0 Å². The first kappa shape index (κ1) is 16.7. The molecule has 0 aliphatic carbocycles. The molecule has 0 saturated carbocycles. The summed E-state index contributed by atoms with van der Waals surface area (Å²) in [5, 5.41) is 10.3. The van der Waals surface area contributed by atoms with Gasteiger partial charge in [0.15, 0.2) is 0 Å². The van der Waals surface area contributed by atoms with Crippen LogP contribution in [0.2, 0.25) is 0 Å². The maximum absolute atomic E-state index is 12.9. The summed E-state index contributed by atoms with van der Waals surface area (Å²) in [6, 6.07) is 20.3. The van der Waals surface area contributed by atoms with Gasteiger partial charge in [-0.3, -0.25) is 4.79 Å². The van der Waals surface area contributed by atoms with Crippen LogP contribution in [0.4, 0.5) is 0 Å². The normalized spacial score (nSPS) is 21.2. The van der Waals surface area contributed by atoms with Gasteiger partial charge in [0.25, 0.3) is 5.91 Å². The molecular formula is C21H25NO2. The molecule has 2 aromatic carbocycles. The van der Waals surface area contributed by atoms with Gasteiger partial charge in [-0.25, -0.2) is 0 Å². The number of nitrogens with zero attached hydrogens (tertiary/aromatic N) is 1. The highest BCUT2D eigenvalue weighted by atomic mass is 16.3. The first-order chi connectivity index (χ1) is 11.7. The van der Waals surface area contributed by atoms with E-state index in [4.69, 9.17) is 0 Å². The molecule has 0 spiro atoms. The molecule has 0 aromatic heterocycles. The lowest BCUT2D eigenvalue weighted by molar-refractivity contribution is -0.155. The van der Waals surface area contributed by atoms with Crippen LogP contribution in [0.25, 0.3) is 0 Å². The second-order valence-electron chi connectivity index (χ2n) is 6.49. The fraction of sp³-hybridized carbons (Fsp3) is 0.381. The van der Waals surface area contributed by atoms with E-state index in [1.165, 1.54) is 0 Å². The zero-order chi connectivity index (χ0) is 16.9. The van der Waals surface area contributed by atoms with Gasteiger partial charge in [-0.05, 0) is 24.0 Å². The number of carbonyl (C=O) groups excluding carboxylic acids is 1. The number of carbonyl (C=O) groups is 1. The molecule has 2 aromatic rings. The molecule has 1 amide bonds. The lowest BCUT2D eigenvalue weighted by Gasteiger charge is -2.50. The van der Waals surface area contributed by atoms with E-state index < -0.39 is 6.10 Å². The van der Waals surface area contributed by atoms with Crippen molar-refractivity contribution in [3.63, 3.8) is 0 Å². The minimum Gasteiger partial charge on any atom is -0.383 e. The summed E-state index contributed by atoms with van der Waals surface area (Å²) in [5.74, 6) is -0.141. The minimum absolute atomic E-state index is 0.0557. The van der Waals surface area contributed by atoms with E-state index in [-0.39, 0.29) is 18.0 Å². The summed E-state index contributed by atoms with van der Waals surface area (Å²) in [6.45, 7) is 2.07. The van der Waals surface area contributed by atoms with E-state index in [0.717, 1.165) is 30.4 Å². The van der Waals surface area contributed by atoms with Crippen LogP contribution in [0, 0.1) is 0 Å². The molecule has 1 N–H and O–H groups in total. The fourth-order valence-corrected chi connectivity index (χ4v) is 3.46. The third-order valence-electron chi connectivity index (χ3n) is 4.86. The van der Waals surface area contributed by atoms with E-state index in [1.54, 1.807) is 0 Å². The minimum atomic E-state index is -0.900. The topological polar surface area (TPSA) is 40.5 Å². The second-order valence-corrected chi connectivity index (χ2v) is 6.49. The van der Waals surface area contributed by atoms with Crippen molar-refractivity contribution in [1.29, 1.82) is 0 Å². The highest BCUT2D eigenvalue weighted by Gasteiger charge is 2.44. The molecule has 126 valence electrons. The average molecular weight is 323 g/mol. The first-order valence-corrected chi connectivity index (χ1v) is 8.82. The Morgan fingerprint density at radius 3 is 2.00 bits per heavy atom. The molecule has 0 unspecified atom stereocenters. The fourth-order valence-electron chi connectivity index (χ4n) is 3.46. The number of unbranched alkanes of at least 4 members (excludes halogenated alkanes) is 1. The summed E-state index contributed by atoms with van der Waals surface area (Å²) >= 11 is 0. The van der Waals surface area contributed by atoms with Crippen molar-refractivity contribution < 1.29 is 9.90 Å². The van der Waals surface area contributed by atoms with Crippen LogP contribution >= 0.6 is 0 Å². The van der Waals surface area contributed by atoms with Crippen molar-refractivity contribution in [2.24, 2.45) is 0 Å². The molecule has 3 heteroatoms. The van der Waals surface area contributed by atoms with Gasteiger partial charge in [0.05, 0.1) is 12.1 Å². The number of likely N-dealkylation sites (tertiary alicyclic amines) is 1. The Bertz CT molecular complexity index is 611. The lowest BCUT2D eigenvalue weighted by atomic mass is 9.82. The van der Waals surface area contributed by atoms with Crippen LogP contribution in [0.15, 0.2) is 60.7 Å². The zero-order valence-electron chi connectivity index (χ0n) is 14.1. The maximum Gasteiger partial charge on any atom is 0.252 e. The number of benzene rings is 2. The molecule has 3 nitrogen and oxygen atoms in total. The number of rotatable bonds is 6. The van der Waals surface area contributed by atoms with Crippen LogP contribution in [-0.2, 0) is 4.79 Å². The summed E-state index contributed by atoms with van der Waals surface area (Å²) in [5.41, 5.74) is 2.28. The summed E-state index contributed by atoms with van der Waals surface area (Å²) < 4.78 is 0. The standard InChI is InChI=1S/C21H25NO2/c1-2-3-14-20(23)21(24)22-18(16-10-6-4-7-11-16)15-19(22)17-12-8-5-9-13-17/h4-13,18-20,23H,2-3,14-15H2,1H3/t18-,19-,20+/m0/s1. The third-order valence-corrected chi connectivity index (χ3v) is 4.86. The Morgan fingerprint density at radius 2 is 1.54 bits per heavy atom. The summed E-state index contributed by atoms with van der Waals surface area (Å²) in [7, 11) is 0. The van der Waals surface area contributed by atoms with Gasteiger partial charge in [-0.15, -0.1) is 0 Å². The van der Waals surface area contributed by atoms with Gasteiger partial charge in [-0.1, -0.05) is 80.4 Å². The third kappa shape index (κ3) is 3.36. The molecule has 0 radical (unpaired) electrons. The van der Waals surface area contributed by atoms with Crippen LogP contribution in [-0.4, -0.2) is 22.0 Å². The lowest BCUT2D eigenvalue weighted by Crippen LogP contribution is -2.51. The molecule has 1 aliphatic rings. The maximum atomic E-state index is 12.9. The summed E-state index contributed by atoms with van der Waals surface area (Å²) in [6.07, 6.45) is 2.39. The Hall–Kier alpha value is -2.13. The van der Waals surface area contributed by atoms with E-state index in [9.17, 15) is 9.90 Å². The quantitative estimate of drug-likeness (QED) is 0.863. The van der Waals surface area contributed by atoms with Crippen molar-refractivity contribution in [3.05, 3.63) is 71.8 Å². The largest absolute Gasteiger partial charge is 0.383 e. The second kappa shape index (κ2) is 7.63. The van der Waals surface area contributed by atoms with Gasteiger partial charge in [0.1, 0.15) is 6.10 Å². The van der Waals surface area contributed by atoms with Crippen molar-refractivity contribution in [1.82, 2.24) is 4.90 Å². The van der Waals surface area contributed by atoms with Crippen molar-refractivity contribution in [2.45, 2.75) is 50.8 Å². The van der Waals surface area contributed by atoms with Gasteiger partial charge in [-0.2, -0.15) is 0 Å². The Balaban J connectivity index is 1.83. The average Bonchev–Trinajstić information content (AvgIpc) is 2.60. The molecule has 3 rings (SSSR count). The van der Waals surface area contributed by atoms with Crippen molar-refractivity contribution >= 4 is 5.91 Å².